The molecule has 2 rings (SSSR count). The molecule has 0 unspecified atom stereocenters. The van der Waals surface area contributed by atoms with Crippen LogP contribution >= 0.6 is 11.6 Å². The SMILES string of the molecule is CCN(c1cccc(F)c1)c1cc(Cl)nc(N)n1. The molecule has 18 heavy (non-hydrogen) atoms. The van der Waals surface area contributed by atoms with Crippen molar-refractivity contribution in [3.8, 4) is 0 Å². The topological polar surface area (TPSA) is 55.0 Å². The Hall–Kier alpha value is -1.88. The summed E-state index contributed by atoms with van der Waals surface area (Å²) in [7, 11) is 0. The second-order valence-corrected chi connectivity index (χ2v) is 4.02. The van der Waals surface area contributed by atoms with E-state index in [0.717, 1.165) is 0 Å². The molecule has 0 amide bonds. The molecular weight excluding hydrogens is 255 g/mol. The molecule has 1 aromatic carbocycles. The molecule has 0 aliphatic heterocycles. The number of nitrogen functional groups attached to an aromatic ring is 1. The lowest BCUT2D eigenvalue weighted by Gasteiger charge is -2.22. The van der Waals surface area contributed by atoms with E-state index in [9.17, 15) is 4.39 Å². The van der Waals surface area contributed by atoms with Crippen molar-refractivity contribution < 1.29 is 4.39 Å². The lowest BCUT2D eigenvalue weighted by molar-refractivity contribution is 0.627. The Balaban J connectivity index is 2.45. The van der Waals surface area contributed by atoms with Crippen LogP contribution in [-0.2, 0) is 0 Å². The van der Waals surface area contributed by atoms with Gasteiger partial charge in [0.15, 0.2) is 0 Å². The Morgan fingerprint density at radius 3 is 2.72 bits per heavy atom. The zero-order valence-electron chi connectivity index (χ0n) is 9.77. The van der Waals surface area contributed by atoms with Crippen molar-refractivity contribution in [2.75, 3.05) is 17.2 Å². The second kappa shape index (κ2) is 5.18. The molecule has 0 aliphatic rings. The Kier molecular flexibility index (Phi) is 3.62. The molecule has 0 saturated carbocycles. The highest BCUT2D eigenvalue weighted by Crippen LogP contribution is 2.25. The van der Waals surface area contributed by atoms with E-state index in [1.165, 1.54) is 12.1 Å². The average Bonchev–Trinajstić information content (AvgIpc) is 2.28. The molecule has 0 atom stereocenters. The lowest BCUT2D eigenvalue weighted by Crippen LogP contribution is -2.18. The van der Waals surface area contributed by atoms with Crippen LogP contribution in [0.15, 0.2) is 30.3 Å². The van der Waals surface area contributed by atoms with Gasteiger partial charge in [-0.05, 0) is 25.1 Å². The van der Waals surface area contributed by atoms with Crippen molar-refractivity contribution in [1.29, 1.82) is 0 Å². The van der Waals surface area contributed by atoms with Crippen LogP contribution in [0.5, 0.6) is 0 Å². The van der Waals surface area contributed by atoms with Gasteiger partial charge in [0.1, 0.15) is 16.8 Å². The number of rotatable bonds is 3. The quantitative estimate of drug-likeness (QED) is 0.868. The number of nitrogens with two attached hydrogens (primary N) is 1. The van der Waals surface area contributed by atoms with Crippen LogP contribution in [0, 0.1) is 5.82 Å². The molecule has 0 aliphatic carbocycles. The molecule has 1 aromatic heterocycles. The van der Waals surface area contributed by atoms with Crippen molar-refractivity contribution in [3.63, 3.8) is 0 Å². The molecule has 0 saturated heterocycles. The molecule has 2 aromatic rings. The van der Waals surface area contributed by atoms with E-state index in [1.54, 1.807) is 23.1 Å². The fourth-order valence-electron chi connectivity index (χ4n) is 1.68. The van der Waals surface area contributed by atoms with Gasteiger partial charge < -0.3 is 10.6 Å². The maximum absolute atomic E-state index is 13.2. The maximum Gasteiger partial charge on any atom is 0.223 e. The van der Waals surface area contributed by atoms with Gasteiger partial charge in [-0.3, -0.25) is 0 Å². The molecule has 1 heterocycles. The van der Waals surface area contributed by atoms with Crippen molar-refractivity contribution in [2.45, 2.75) is 6.92 Å². The van der Waals surface area contributed by atoms with E-state index < -0.39 is 0 Å². The highest BCUT2D eigenvalue weighted by Gasteiger charge is 2.11. The number of anilines is 3. The van der Waals surface area contributed by atoms with Crippen molar-refractivity contribution in [2.24, 2.45) is 0 Å². The summed E-state index contributed by atoms with van der Waals surface area (Å²) in [6, 6.07) is 7.83. The van der Waals surface area contributed by atoms with E-state index in [-0.39, 0.29) is 16.9 Å². The Morgan fingerprint density at radius 2 is 2.11 bits per heavy atom. The Morgan fingerprint density at radius 1 is 1.33 bits per heavy atom. The lowest BCUT2D eigenvalue weighted by atomic mass is 10.2. The molecule has 94 valence electrons. The first kappa shape index (κ1) is 12.6. The number of benzene rings is 1. The summed E-state index contributed by atoms with van der Waals surface area (Å²) in [5.74, 6) is 0.326. The molecule has 0 radical (unpaired) electrons. The van der Waals surface area contributed by atoms with Gasteiger partial charge in [-0.25, -0.2) is 9.37 Å². The number of aromatic nitrogens is 2. The summed E-state index contributed by atoms with van der Waals surface area (Å²) >= 11 is 5.84. The van der Waals surface area contributed by atoms with Gasteiger partial charge in [0, 0.05) is 18.3 Å². The molecule has 0 fully saturated rings. The maximum atomic E-state index is 13.2. The summed E-state index contributed by atoms with van der Waals surface area (Å²) in [5, 5.41) is 0.257. The Labute approximate surface area is 109 Å². The number of nitrogens with zero attached hydrogens (tertiary/aromatic N) is 3. The first-order valence-corrected chi connectivity index (χ1v) is 5.81. The van der Waals surface area contributed by atoms with Gasteiger partial charge in [-0.1, -0.05) is 17.7 Å². The zero-order valence-corrected chi connectivity index (χ0v) is 10.5. The third-order valence-corrected chi connectivity index (χ3v) is 2.60. The molecule has 6 heteroatoms. The van der Waals surface area contributed by atoms with E-state index in [1.807, 2.05) is 6.92 Å². The van der Waals surface area contributed by atoms with Gasteiger partial charge in [0.2, 0.25) is 5.95 Å². The van der Waals surface area contributed by atoms with Gasteiger partial charge in [0.05, 0.1) is 0 Å². The van der Waals surface area contributed by atoms with Crippen LogP contribution in [0.2, 0.25) is 5.15 Å². The number of hydrogen-bond acceptors (Lipinski definition) is 4. The summed E-state index contributed by atoms with van der Waals surface area (Å²) in [4.78, 5) is 9.69. The van der Waals surface area contributed by atoms with Crippen LogP contribution in [0.4, 0.5) is 21.8 Å². The molecular formula is C12H12ClFN4. The van der Waals surface area contributed by atoms with Crippen molar-refractivity contribution in [1.82, 2.24) is 9.97 Å². The normalized spacial score (nSPS) is 10.4. The van der Waals surface area contributed by atoms with Crippen LogP contribution in [0.3, 0.4) is 0 Å². The van der Waals surface area contributed by atoms with Gasteiger partial charge in [-0.15, -0.1) is 0 Å². The number of hydrogen-bond donors (Lipinski definition) is 1. The zero-order chi connectivity index (χ0) is 13.1. The van der Waals surface area contributed by atoms with E-state index in [4.69, 9.17) is 17.3 Å². The predicted molar refractivity (Wildman–Crippen MR) is 70.5 cm³/mol. The standard InChI is InChI=1S/C12H12ClFN4/c1-2-18(9-5-3-4-8(14)6-9)11-7-10(13)16-12(15)17-11/h3-7H,2H2,1H3,(H2,15,16,17). The summed E-state index contributed by atoms with van der Waals surface area (Å²) in [5.41, 5.74) is 6.24. The van der Waals surface area contributed by atoms with Crippen LogP contribution in [-0.4, -0.2) is 16.5 Å². The molecule has 4 nitrogen and oxygen atoms in total. The average molecular weight is 267 g/mol. The monoisotopic (exact) mass is 266 g/mol. The fraction of sp³-hybridized carbons (Fsp3) is 0.167. The first-order valence-electron chi connectivity index (χ1n) is 5.43. The summed E-state index contributed by atoms with van der Waals surface area (Å²) < 4.78 is 13.2. The number of halogens is 2. The van der Waals surface area contributed by atoms with E-state index in [0.29, 0.717) is 18.1 Å². The minimum Gasteiger partial charge on any atom is -0.368 e. The predicted octanol–water partition coefficient (Wildman–Crippen LogP) is 3.01. The van der Waals surface area contributed by atoms with Crippen molar-refractivity contribution >= 4 is 29.1 Å². The molecule has 0 bridgehead atoms. The minimum atomic E-state index is -0.306. The van der Waals surface area contributed by atoms with Crippen LogP contribution < -0.4 is 10.6 Å². The van der Waals surface area contributed by atoms with E-state index in [2.05, 4.69) is 9.97 Å². The highest BCUT2D eigenvalue weighted by molar-refractivity contribution is 6.29. The van der Waals surface area contributed by atoms with Crippen molar-refractivity contribution in [3.05, 3.63) is 41.3 Å². The van der Waals surface area contributed by atoms with E-state index >= 15 is 0 Å². The first-order chi connectivity index (χ1) is 8.60. The highest BCUT2D eigenvalue weighted by atomic mass is 35.5. The van der Waals surface area contributed by atoms with Crippen LogP contribution in [0.25, 0.3) is 0 Å². The fourth-order valence-corrected chi connectivity index (χ4v) is 1.87. The largest absolute Gasteiger partial charge is 0.368 e. The second-order valence-electron chi connectivity index (χ2n) is 3.63. The summed E-state index contributed by atoms with van der Waals surface area (Å²) in [6.45, 7) is 2.54. The third-order valence-electron chi connectivity index (χ3n) is 2.41. The van der Waals surface area contributed by atoms with Crippen LogP contribution in [0.1, 0.15) is 6.92 Å². The molecule has 2 N–H and O–H groups in total. The summed E-state index contributed by atoms with van der Waals surface area (Å²) in [6.07, 6.45) is 0. The Bertz CT molecular complexity index is 541. The minimum absolute atomic E-state index is 0.0901. The van der Waals surface area contributed by atoms with Gasteiger partial charge in [-0.2, -0.15) is 4.98 Å². The third kappa shape index (κ3) is 2.68. The smallest absolute Gasteiger partial charge is 0.223 e. The molecule has 0 spiro atoms. The van der Waals surface area contributed by atoms with Gasteiger partial charge >= 0.3 is 0 Å². The van der Waals surface area contributed by atoms with Gasteiger partial charge in [0.25, 0.3) is 0 Å².